The maximum Gasteiger partial charge on any atom is 0.122 e. The third-order valence-corrected chi connectivity index (χ3v) is 2.99. The molecule has 1 aromatic heterocycles. The van der Waals surface area contributed by atoms with Crippen molar-refractivity contribution in [1.82, 2.24) is 4.98 Å². The second kappa shape index (κ2) is 5.85. The first-order chi connectivity index (χ1) is 8.70. The fourth-order valence-electron chi connectivity index (χ4n) is 1.82. The van der Waals surface area contributed by atoms with E-state index in [2.05, 4.69) is 4.98 Å². The van der Waals surface area contributed by atoms with Gasteiger partial charge < -0.3 is 10.5 Å². The minimum atomic E-state index is -0.168. The molecular weight excluding hydrogens is 248 g/mol. The van der Waals surface area contributed by atoms with Crippen LogP contribution in [0.2, 0.25) is 5.02 Å². The van der Waals surface area contributed by atoms with E-state index in [1.165, 1.54) is 0 Å². The largest absolute Gasteiger partial charge is 0.496 e. The molecule has 0 saturated heterocycles. The Labute approximate surface area is 112 Å². The fourth-order valence-corrected chi connectivity index (χ4v) is 1.93. The fraction of sp³-hybridized carbons (Fsp3) is 0.214. The van der Waals surface area contributed by atoms with Crippen LogP contribution in [-0.2, 0) is 6.42 Å². The Morgan fingerprint density at radius 3 is 2.72 bits per heavy atom. The zero-order valence-electron chi connectivity index (χ0n) is 10.1. The summed E-state index contributed by atoms with van der Waals surface area (Å²) in [6.07, 6.45) is 2.29. The lowest BCUT2D eigenvalue weighted by Crippen LogP contribution is -2.15. The number of methoxy groups -OCH3 is 1. The molecule has 2 aromatic rings. The van der Waals surface area contributed by atoms with Gasteiger partial charge in [-0.1, -0.05) is 29.8 Å². The number of rotatable bonds is 4. The molecule has 3 nitrogen and oxygen atoms in total. The highest BCUT2D eigenvalue weighted by Crippen LogP contribution is 2.23. The Balaban J connectivity index is 2.15. The molecule has 0 spiro atoms. The van der Waals surface area contributed by atoms with Gasteiger partial charge >= 0.3 is 0 Å². The van der Waals surface area contributed by atoms with E-state index in [1.807, 2.05) is 30.3 Å². The molecular formula is C14H15ClN2O. The minimum absolute atomic E-state index is 0.168. The Bertz CT molecular complexity index is 513. The third kappa shape index (κ3) is 3.00. The molecule has 0 aliphatic carbocycles. The van der Waals surface area contributed by atoms with Crippen molar-refractivity contribution in [1.29, 1.82) is 0 Å². The summed E-state index contributed by atoms with van der Waals surface area (Å²) in [7, 11) is 1.66. The topological polar surface area (TPSA) is 48.1 Å². The van der Waals surface area contributed by atoms with E-state index in [9.17, 15) is 0 Å². The number of hydrogen-bond acceptors (Lipinski definition) is 3. The summed E-state index contributed by atoms with van der Waals surface area (Å²) in [6, 6.07) is 11.3. The van der Waals surface area contributed by atoms with Gasteiger partial charge in [-0.2, -0.15) is 0 Å². The van der Waals surface area contributed by atoms with Gasteiger partial charge in [0.15, 0.2) is 0 Å². The summed E-state index contributed by atoms with van der Waals surface area (Å²) in [5.74, 6) is 0.849. The molecule has 1 unspecified atom stereocenters. The zero-order valence-corrected chi connectivity index (χ0v) is 10.9. The Morgan fingerprint density at radius 2 is 2.06 bits per heavy atom. The lowest BCUT2D eigenvalue weighted by Gasteiger charge is -2.13. The molecule has 0 saturated carbocycles. The first-order valence-electron chi connectivity index (χ1n) is 5.69. The first kappa shape index (κ1) is 12.9. The van der Waals surface area contributed by atoms with Crippen molar-refractivity contribution in [2.24, 2.45) is 5.73 Å². The molecule has 0 fully saturated rings. The highest BCUT2D eigenvalue weighted by atomic mass is 35.5. The van der Waals surface area contributed by atoms with Crippen molar-refractivity contribution in [3.8, 4) is 5.75 Å². The van der Waals surface area contributed by atoms with Crippen LogP contribution >= 0.6 is 11.6 Å². The smallest absolute Gasteiger partial charge is 0.122 e. The van der Waals surface area contributed by atoms with Crippen LogP contribution < -0.4 is 10.5 Å². The van der Waals surface area contributed by atoms with Gasteiger partial charge in [0.25, 0.3) is 0 Å². The van der Waals surface area contributed by atoms with E-state index in [1.54, 1.807) is 19.4 Å². The number of nitrogens with two attached hydrogens (primary N) is 1. The van der Waals surface area contributed by atoms with Gasteiger partial charge in [0.1, 0.15) is 5.75 Å². The van der Waals surface area contributed by atoms with Gasteiger partial charge in [-0.3, -0.25) is 4.98 Å². The Kier molecular flexibility index (Phi) is 4.18. The molecule has 0 aliphatic heterocycles. The highest BCUT2D eigenvalue weighted by molar-refractivity contribution is 6.30. The maximum atomic E-state index is 6.14. The van der Waals surface area contributed by atoms with Crippen LogP contribution in [0.5, 0.6) is 5.75 Å². The number of hydrogen-bond donors (Lipinski definition) is 1. The second-order valence-corrected chi connectivity index (χ2v) is 4.46. The SMILES string of the molecule is COc1ccccc1CC(N)c1ccc(Cl)cn1. The van der Waals surface area contributed by atoms with Gasteiger partial charge in [-0.25, -0.2) is 0 Å². The standard InChI is InChI=1S/C14H15ClN2O/c1-18-14-5-3-2-4-10(14)8-12(16)13-7-6-11(15)9-17-13/h2-7,9,12H,8,16H2,1H3. The van der Waals surface area contributed by atoms with Crippen LogP contribution in [-0.4, -0.2) is 12.1 Å². The molecule has 1 aromatic carbocycles. The van der Waals surface area contributed by atoms with Crippen LogP contribution in [0.4, 0.5) is 0 Å². The summed E-state index contributed by atoms with van der Waals surface area (Å²) < 4.78 is 5.30. The average molecular weight is 263 g/mol. The summed E-state index contributed by atoms with van der Waals surface area (Å²) in [5, 5.41) is 0.614. The highest BCUT2D eigenvalue weighted by Gasteiger charge is 2.11. The number of benzene rings is 1. The quantitative estimate of drug-likeness (QED) is 0.922. The van der Waals surface area contributed by atoms with Crippen LogP contribution in [0.15, 0.2) is 42.6 Å². The van der Waals surface area contributed by atoms with Gasteiger partial charge in [0.2, 0.25) is 0 Å². The van der Waals surface area contributed by atoms with E-state index in [0.29, 0.717) is 11.4 Å². The molecule has 0 radical (unpaired) electrons. The van der Waals surface area contributed by atoms with E-state index >= 15 is 0 Å². The molecule has 0 amide bonds. The number of ether oxygens (including phenoxy) is 1. The molecule has 4 heteroatoms. The van der Waals surface area contributed by atoms with Crippen LogP contribution in [0.1, 0.15) is 17.3 Å². The van der Waals surface area contributed by atoms with E-state index < -0.39 is 0 Å². The van der Waals surface area contributed by atoms with Gasteiger partial charge in [0, 0.05) is 6.20 Å². The molecule has 0 aliphatic rings. The van der Waals surface area contributed by atoms with Crippen molar-refractivity contribution in [2.45, 2.75) is 12.5 Å². The Morgan fingerprint density at radius 1 is 1.28 bits per heavy atom. The van der Waals surface area contributed by atoms with Gasteiger partial charge in [-0.15, -0.1) is 0 Å². The van der Waals surface area contributed by atoms with Crippen LogP contribution in [0.25, 0.3) is 0 Å². The summed E-state index contributed by atoms with van der Waals surface area (Å²) in [4.78, 5) is 4.23. The van der Waals surface area contributed by atoms with E-state index in [0.717, 1.165) is 17.0 Å². The predicted octanol–water partition coefficient (Wildman–Crippen LogP) is 2.99. The van der Waals surface area contributed by atoms with Crippen LogP contribution in [0, 0.1) is 0 Å². The van der Waals surface area contributed by atoms with Crippen molar-refractivity contribution in [3.63, 3.8) is 0 Å². The zero-order chi connectivity index (χ0) is 13.0. The predicted molar refractivity (Wildman–Crippen MR) is 72.9 cm³/mol. The molecule has 1 heterocycles. The number of pyridine rings is 1. The van der Waals surface area contributed by atoms with Gasteiger partial charge in [-0.05, 0) is 30.2 Å². The first-order valence-corrected chi connectivity index (χ1v) is 6.07. The normalized spacial score (nSPS) is 12.2. The number of para-hydroxylation sites is 1. The third-order valence-electron chi connectivity index (χ3n) is 2.76. The molecule has 2 rings (SSSR count). The average Bonchev–Trinajstić information content (AvgIpc) is 2.40. The molecule has 94 valence electrons. The maximum absolute atomic E-state index is 6.14. The van der Waals surface area contributed by atoms with E-state index in [-0.39, 0.29) is 6.04 Å². The van der Waals surface area contributed by atoms with Crippen molar-refractivity contribution in [2.75, 3.05) is 7.11 Å². The van der Waals surface area contributed by atoms with Crippen LogP contribution in [0.3, 0.4) is 0 Å². The summed E-state index contributed by atoms with van der Waals surface area (Å²) in [5.41, 5.74) is 8.04. The van der Waals surface area contributed by atoms with Crippen molar-refractivity contribution in [3.05, 3.63) is 58.9 Å². The number of halogens is 1. The van der Waals surface area contributed by atoms with E-state index in [4.69, 9.17) is 22.1 Å². The molecule has 1 atom stereocenters. The lowest BCUT2D eigenvalue weighted by atomic mass is 10.0. The molecule has 2 N–H and O–H groups in total. The minimum Gasteiger partial charge on any atom is -0.496 e. The number of nitrogens with zero attached hydrogens (tertiary/aromatic N) is 1. The molecule has 18 heavy (non-hydrogen) atoms. The lowest BCUT2D eigenvalue weighted by molar-refractivity contribution is 0.408. The monoisotopic (exact) mass is 262 g/mol. The van der Waals surface area contributed by atoms with Crippen molar-refractivity contribution < 1.29 is 4.74 Å². The molecule has 0 bridgehead atoms. The van der Waals surface area contributed by atoms with Crippen molar-refractivity contribution >= 4 is 11.6 Å². The summed E-state index contributed by atoms with van der Waals surface area (Å²) >= 11 is 5.80. The number of aromatic nitrogens is 1. The summed E-state index contributed by atoms with van der Waals surface area (Å²) in [6.45, 7) is 0. The Hall–Kier alpha value is -1.58. The van der Waals surface area contributed by atoms with Gasteiger partial charge in [0.05, 0.1) is 23.9 Å². The second-order valence-electron chi connectivity index (χ2n) is 4.02.